The van der Waals surface area contributed by atoms with Gasteiger partial charge in [0, 0.05) is 12.3 Å². The van der Waals surface area contributed by atoms with Crippen LogP contribution >= 0.6 is 0 Å². The standard InChI is InChI=1S/C37H40N6O6.BrH/c1-23(2)30-36(48)43(31(33(39)46)27(18-24-12-7-5-8-13-24)32(45)34-40-37(3,4)22-49-34)28(25-14-9-6-10-15-25)20-42(30)35(47)26-16-11-17-41(19-26)21-29(38)44;/h5-17,19-20,23,27,30-31H,18,21-22H2,1-4H3,(H3-,38,39,44,46);1H/t27?,30?,31-;/m0./s1. The van der Waals surface area contributed by atoms with E-state index in [0.29, 0.717) is 5.56 Å². The number of halogens is 1. The number of rotatable bonds is 12. The number of aliphatic imine (C=N–C) groups is 1. The second-order valence-electron chi connectivity index (χ2n) is 13.2. The Balaban J connectivity index is 0.00000562. The van der Waals surface area contributed by atoms with Crippen molar-refractivity contribution in [3.8, 4) is 0 Å². The predicted octanol–water partition coefficient (Wildman–Crippen LogP) is -0.740. The van der Waals surface area contributed by atoms with E-state index in [1.54, 1.807) is 62.5 Å². The van der Waals surface area contributed by atoms with Crippen molar-refractivity contribution in [2.45, 2.75) is 58.3 Å². The SMILES string of the molecule is CC(C)C1C(=O)N([C@H](C(N)=O)C(Cc2ccccc2)C(=O)C2=NC(C)(C)CO2)C(c2ccccc2)=CN1C(=O)c1ccc[n+](CC(N)=O)c1.[Br-]. The minimum absolute atomic E-state index is 0. The lowest BCUT2D eigenvalue weighted by atomic mass is 9.84. The summed E-state index contributed by atoms with van der Waals surface area (Å²) in [6.45, 7) is 7.27. The maximum absolute atomic E-state index is 14.9. The third kappa shape index (κ3) is 8.16. The van der Waals surface area contributed by atoms with E-state index >= 15 is 0 Å². The van der Waals surface area contributed by atoms with E-state index in [-0.39, 0.29) is 53.7 Å². The average Bonchev–Trinajstić information content (AvgIpc) is 3.43. The van der Waals surface area contributed by atoms with Gasteiger partial charge in [-0.2, -0.15) is 4.57 Å². The van der Waals surface area contributed by atoms with E-state index in [9.17, 15) is 24.0 Å². The molecule has 3 atom stereocenters. The summed E-state index contributed by atoms with van der Waals surface area (Å²) < 4.78 is 7.23. The fraction of sp³-hybridized carbons (Fsp3) is 0.324. The highest BCUT2D eigenvalue weighted by molar-refractivity contribution is 6.38. The Morgan fingerprint density at radius 3 is 2.18 bits per heavy atom. The van der Waals surface area contributed by atoms with Crippen LogP contribution in [-0.2, 0) is 36.9 Å². The third-order valence-electron chi connectivity index (χ3n) is 8.45. The zero-order valence-corrected chi connectivity index (χ0v) is 29.9. The van der Waals surface area contributed by atoms with Gasteiger partial charge in [-0.3, -0.25) is 33.8 Å². The molecule has 2 aliphatic rings. The van der Waals surface area contributed by atoms with Crippen LogP contribution in [0.15, 0.2) is 96.4 Å². The molecule has 2 unspecified atom stereocenters. The van der Waals surface area contributed by atoms with E-state index in [1.807, 2.05) is 44.2 Å². The van der Waals surface area contributed by atoms with Gasteiger partial charge in [0.25, 0.3) is 23.6 Å². The number of ketones is 1. The number of hydrogen-bond acceptors (Lipinski definition) is 7. The zero-order chi connectivity index (χ0) is 35.5. The van der Waals surface area contributed by atoms with Crippen molar-refractivity contribution in [1.82, 2.24) is 9.80 Å². The summed E-state index contributed by atoms with van der Waals surface area (Å²) in [5.74, 6) is -4.88. The number of carbonyl (C=O) groups excluding carboxylic acids is 5. The van der Waals surface area contributed by atoms with Gasteiger partial charge in [0.2, 0.25) is 18.2 Å². The van der Waals surface area contributed by atoms with Crippen LogP contribution in [0.4, 0.5) is 0 Å². The highest BCUT2D eigenvalue weighted by Crippen LogP contribution is 2.36. The molecule has 12 nitrogen and oxygen atoms in total. The first-order valence-corrected chi connectivity index (χ1v) is 16.1. The molecular weight excluding hydrogens is 704 g/mol. The molecule has 0 radical (unpaired) electrons. The summed E-state index contributed by atoms with van der Waals surface area (Å²) in [6, 6.07) is 18.6. The van der Waals surface area contributed by atoms with Crippen molar-refractivity contribution < 1.29 is 50.3 Å². The smallest absolute Gasteiger partial charge is 0.283 e. The van der Waals surface area contributed by atoms with Crippen LogP contribution < -0.4 is 33.0 Å². The molecule has 2 aliphatic heterocycles. The van der Waals surface area contributed by atoms with E-state index < -0.39 is 58.9 Å². The van der Waals surface area contributed by atoms with Crippen molar-refractivity contribution in [3.05, 3.63) is 108 Å². The van der Waals surface area contributed by atoms with E-state index in [0.717, 1.165) is 5.56 Å². The van der Waals surface area contributed by atoms with Crippen LogP contribution in [0.2, 0.25) is 0 Å². The second kappa shape index (κ2) is 15.6. The maximum Gasteiger partial charge on any atom is 0.283 e. The quantitative estimate of drug-likeness (QED) is 0.232. The Bertz CT molecular complexity index is 1830. The molecule has 2 aromatic carbocycles. The number of ether oxygens (including phenoxy) is 1. The Hall–Kier alpha value is -5.17. The number of nitrogens with two attached hydrogens (primary N) is 2. The number of Topliss-reactive ketones (excluding diaryl/α,β-unsaturated/α-hetero) is 1. The number of nitrogens with zero attached hydrogens (tertiary/aromatic N) is 4. The van der Waals surface area contributed by atoms with Gasteiger partial charge in [-0.05, 0) is 43.4 Å². The molecule has 4 N–H and O–H groups in total. The molecule has 3 aromatic rings. The first-order valence-electron chi connectivity index (χ1n) is 16.1. The Morgan fingerprint density at radius 2 is 1.62 bits per heavy atom. The molecule has 262 valence electrons. The first kappa shape index (κ1) is 37.6. The number of primary amides is 2. The minimum Gasteiger partial charge on any atom is -1.00 e. The van der Waals surface area contributed by atoms with Crippen LogP contribution in [0.25, 0.3) is 5.70 Å². The summed E-state index contributed by atoms with van der Waals surface area (Å²) in [5, 5.41) is 0. The van der Waals surface area contributed by atoms with Gasteiger partial charge in [-0.1, -0.05) is 74.5 Å². The molecule has 0 saturated heterocycles. The van der Waals surface area contributed by atoms with Crippen LogP contribution in [0.3, 0.4) is 0 Å². The van der Waals surface area contributed by atoms with Gasteiger partial charge >= 0.3 is 0 Å². The fourth-order valence-corrected chi connectivity index (χ4v) is 6.22. The number of amides is 4. The molecule has 0 aliphatic carbocycles. The lowest BCUT2D eigenvalue weighted by molar-refractivity contribution is -0.684. The summed E-state index contributed by atoms with van der Waals surface area (Å²) in [4.78, 5) is 75.8. The number of hydrogen-bond donors (Lipinski definition) is 2. The van der Waals surface area contributed by atoms with Gasteiger partial charge in [0.1, 0.15) is 24.3 Å². The molecule has 0 saturated carbocycles. The van der Waals surface area contributed by atoms with E-state index in [2.05, 4.69) is 4.99 Å². The molecular formula is C37H41BrN6O6. The van der Waals surface area contributed by atoms with Crippen molar-refractivity contribution >= 4 is 41.0 Å². The second-order valence-corrected chi connectivity index (χ2v) is 13.2. The Labute approximate surface area is 301 Å². The summed E-state index contributed by atoms with van der Waals surface area (Å²) in [6.07, 6.45) is 4.68. The van der Waals surface area contributed by atoms with Crippen LogP contribution in [-0.4, -0.2) is 69.3 Å². The highest BCUT2D eigenvalue weighted by atomic mass is 79.9. The van der Waals surface area contributed by atoms with E-state index in [4.69, 9.17) is 16.2 Å². The van der Waals surface area contributed by atoms with Crippen molar-refractivity contribution in [2.75, 3.05) is 6.61 Å². The molecule has 50 heavy (non-hydrogen) atoms. The van der Waals surface area contributed by atoms with Gasteiger partial charge < -0.3 is 33.2 Å². The monoisotopic (exact) mass is 744 g/mol. The zero-order valence-electron chi connectivity index (χ0n) is 28.4. The topological polar surface area (TPSA) is 169 Å². The minimum atomic E-state index is -1.48. The molecule has 0 bridgehead atoms. The largest absolute Gasteiger partial charge is 1.00 e. The normalized spacial score (nSPS) is 17.9. The predicted molar refractivity (Wildman–Crippen MR) is 181 cm³/mol. The number of carbonyl (C=O) groups is 5. The molecule has 0 spiro atoms. The number of pyridine rings is 1. The van der Waals surface area contributed by atoms with Gasteiger partial charge in [-0.15, -0.1) is 0 Å². The number of benzene rings is 2. The molecule has 0 fully saturated rings. The Kier molecular flexibility index (Phi) is 11.7. The lowest BCUT2D eigenvalue weighted by Crippen LogP contribution is -3.00. The van der Waals surface area contributed by atoms with Crippen molar-refractivity contribution in [3.63, 3.8) is 0 Å². The summed E-state index contributed by atoms with van der Waals surface area (Å²) in [5.41, 5.74) is 12.6. The van der Waals surface area contributed by atoms with Gasteiger partial charge in [0.05, 0.1) is 17.2 Å². The number of aromatic nitrogens is 1. The van der Waals surface area contributed by atoms with Crippen LogP contribution in [0.1, 0.15) is 49.2 Å². The molecule has 3 heterocycles. The molecule has 1 aromatic heterocycles. The van der Waals surface area contributed by atoms with Crippen molar-refractivity contribution in [1.29, 1.82) is 0 Å². The molecule has 5 rings (SSSR count). The summed E-state index contributed by atoms with van der Waals surface area (Å²) in [7, 11) is 0. The molecule has 13 heteroatoms. The maximum atomic E-state index is 14.9. The van der Waals surface area contributed by atoms with Gasteiger partial charge in [0.15, 0.2) is 12.4 Å². The fourth-order valence-electron chi connectivity index (χ4n) is 6.22. The Morgan fingerprint density at radius 1 is 0.980 bits per heavy atom. The molecule has 4 amide bonds. The van der Waals surface area contributed by atoms with Crippen LogP contribution in [0.5, 0.6) is 0 Å². The van der Waals surface area contributed by atoms with Crippen LogP contribution in [0, 0.1) is 11.8 Å². The van der Waals surface area contributed by atoms with E-state index in [1.165, 1.54) is 26.8 Å². The first-order chi connectivity index (χ1) is 23.3. The average molecular weight is 746 g/mol. The van der Waals surface area contributed by atoms with Gasteiger partial charge in [-0.25, -0.2) is 4.99 Å². The van der Waals surface area contributed by atoms with Crippen molar-refractivity contribution in [2.24, 2.45) is 28.3 Å². The highest BCUT2D eigenvalue weighted by Gasteiger charge is 2.50. The third-order valence-corrected chi connectivity index (χ3v) is 8.45. The summed E-state index contributed by atoms with van der Waals surface area (Å²) >= 11 is 0. The lowest BCUT2D eigenvalue weighted by Gasteiger charge is -2.45.